The van der Waals surface area contributed by atoms with Crippen LogP contribution in [-0.4, -0.2) is 35.5 Å². The molecular weight excluding hydrogens is 452 g/mol. The van der Waals surface area contributed by atoms with E-state index in [1.165, 1.54) is 6.07 Å². The van der Waals surface area contributed by atoms with Crippen LogP contribution in [0.3, 0.4) is 0 Å². The summed E-state index contributed by atoms with van der Waals surface area (Å²) < 4.78 is 54.5. The van der Waals surface area contributed by atoms with Gasteiger partial charge in [0.15, 0.2) is 0 Å². The van der Waals surface area contributed by atoms with Crippen molar-refractivity contribution in [2.24, 2.45) is 10.2 Å². The number of hydrogen-bond donors (Lipinski definition) is 2. The molecule has 33 heavy (non-hydrogen) atoms. The Hall–Kier alpha value is -3.12. The number of hydrazone groups is 1. The van der Waals surface area contributed by atoms with Crippen LogP contribution in [0.1, 0.15) is 39.0 Å². The summed E-state index contributed by atoms with van der Waals surface area (Å²) in [5.74, 6) is -0.474. The topological polar surface area (TPSA) is 118 Å². The molecule has 3 heterocycles. The zero-order valence-electron chi connectivity index (χ0n) is 17.9. The van der Waals surface area contributed by atoms with Gasteiger partial charge < -0.3 is 5.32 Å². The fourth-order valence-corrected chi connectivity index (χ4v) is 5.32. The maximum absolute atomic E-state index is 15.4. The fourth-order valence-electron chi connectivity index (χ4n) is 4.73. The monoisotopic (exact) mass is 475 g/mol. The normalized spacial score (nSPS) is 17.8. The predicted octanol–water partition coefficient (Wildman–Crippen LogP) is 3.74. The second-order valence-corrected chi connectivity index (χ2v) is 9.85. The molecule has 5 rings (SSSR count). The van der Waals surface area contributed by atoms with Crippen LogP contribution in [0.4, 0.5) is 26.2 Å². The first kappa shape index (κ1) is 21.7. The van der Waals surface area contributed by atoms with E-state index in [4.69, 9.17) is 5.14 Å². The summed E-state index contributed by atoms with van der Waals surface area (Å²) in [5.41, 5.74) is -0.0786. The molecule has 0 bridgehead atoms. The number of nitrogens with one attached hydrogen (secondary N) is 1. The summed E-state index contributed by atoms with van der Waals surface area (Å²) >= 11 is 0. The minimum absolute atomic E-state index is 0.170. The second kappa shape index (κ2) is 7.73. The molecule has 3 N–H and O–H groups in total. The van der Waals surface area contributed by atoms with Gasteiger partial charge in [-0.1, -0.05) is 19.3 Å². The van der Waals surface area contributed by atoms with Crippen LogP contribution in [0.25, 0.3) is 11.0 Å². The minimum atomic E-state index is -4.17. The van der Waals surface area contributed by atoms with Gasteiger partial charge in [-0.05, 0) is 44.0 Å². The standard InChI is InChI=1S/C21H23F2N7O2S/c1-2-29-17-10-13-12-25-20(26-14-6-7-16(15(22)11-14)33(24,31)32)27-18(13)30(17)21(19(23)28-29)8-4-3-5-9-21/h6-7,10-12H,2-5,8-9H2,1H3,(H2,24,31,32)(H,25,26,27). The van der Waals surface area contributed by atoms with Crippen LogP contribution in [-0.2, 0) is 15.6 Å². The van der Waals surface area contributed by atoms with E-state index in [9.17, 15) is 12.8 Å². The lowest BCUT2D eigenvalue weighted by Crippen LogP contribution is -2.47. The van der Waals surface area contributed by atoms with E-state index in [0.29, 0.717) is 25.0 Å². The zero-order valence-corrected chi connectivity index (χ0v) is 18.7. The largest absolute Gasteiger partial charge is 0.324 e. The van der Waals surface area contributed by atoms with Gasteiger partial charge >= 0.3 is 0 Å². The van der Waals surface area contributed by atoms with E-state index in [1.807, 2.05) is 17.6 Å². The number of nitrogens with zero attached hydrogens (tertiary/aromatic N) is 5. The number of nitrogens with two attached hydrogens (primary N) is 1. The van der Waals surface area contributed by atoms with Gasteiger partial charge in [-0.15, -0.1) is 5.10 Å². The van der Waals surface area contributed by atoms with Gasteiger partial charge in [0.05, 0.1) is 0 Å². The van der Waals surface area contributed by atoms with Gasteiger partial charge in [0.1, 0.15) is 27.7 Å². The highest BCUT2D eigenvalue weighted by Crippen LogP contribution is 2.45. The van der Waals surface area contributed by atoms with E-state index in [0.717, 1.165) is 42.6 Å². The van der Waals surface area contributed by atoms with E-state index in [2.05, 4.69) is 20.4 Å². The fraction of sp³-hybridized carbons (Fsp3) is 0.381. The number of hydrogen-bond acceptors (Lipinski definition) is 7. The summed E-state index contributed by atoms with van der Waals surface area (Å²) in [5, 5.41) is 14.5. The Morgan fingerprint density at radius 3 is 2.61 bits per heavy atom. The first-order chi connectivity index (χ1) is 15.7. The van der Waals surface area contributed by atoms with Gasteiger partial charge in [0, 0.05) is 23.8 Å². The maximum atomic E-state index is 15.4. The number of benzene rings is 1. The Labute approximate surface area is 189 Å². The first-order valence-electron chi connectivity index (χ1n) is 10.7. The number of halogens is 2. The summed E-state index contributed by atoms with van der Waals surface area (Å²) in [4.78, 5) is 8.33. The number of anilines is 3. The number of sulfonamides is 1. The maximum Gasteiger partial charge on any atom is 0.240 e. The summed E-state index contributed by atoms with van der Waals surface area (Å²) in [6.07, 6.45) is 5.70. The molecule has 2 aromatic heterocycles. The van der Waals surface area contributed by atoms with E-state index in [1.54, 1.807) is 11.2 Å². The molecule has 1 aromatic carbocycles. The molecular formula is C21H23F2N7O2S. The highest BCUT2D eigenvalue weighted by molar-refractivity contribution is 7.89. The summed E-state index contributed by atoms with van der Waals surface area (Å²) in [6, 6.07) is 5.36. The van der Waals surface area contributed by atoms with Crippen molar-refractivity contribution in [3.63, 3.8) is 0 Å². The number of fused-ring (bicyclic) bond motifs is 4. The van der Waals surface area contributed by atoms with Crippen molar-refractivity contribution in [3.8, 4) is 0 Å². The van der Waals surface area contributed by atoms with Crippen molar-refractivity contribution >= 4 is 44.5 Å². The summed E-state index contributed by atoms with van der Waals surface area (Å²) in [6.45, 7) is 2.39. The molecule has 1 spiro atoms. The summed E-state index contributed by atoms with van der Waals surface area (Å²) in [7, 11) is -4.17. The Morgan fingerprint density at radius 2 is 1.94 bits per heavy atom. The molecule has 0 unspecified atom stereocenters. The predicted molar refractivity (Wildman–Crippen MR) is 121 cm³/mol. The number of rotatable bonds is 4. The SMILES string of the molecule is CCN1N=C(F)C2(CCCCC2)n2c1cc1cnc(Nc3ccc(S(N)(=O)=O)c(F)c3)nc12. The highest BCUT2D eigenvalue weighted by atomic mass is 32.2. The zero-order chi connectivity index (χ0) is 23.4. The van der Waals surface area contributed by atoms with Crippen LogP contribution in [0.15, 0.2) is 40.5 Å². The smallest absolute Gasteiger partial charge is 0.240 e. The van der Waals surface area contributed by atoms with Crippen molar-refractivity contribution in [1.82, 2.24) is 14.5 Å². The van der Waals surface area contributed by atoms with Crippen molar-refractivity contribution in [2.75, 3.05) is 16.9 Å². The number of primary sulfonamides is 1. The molecule has 1 aliphatic carbocycles. The Bertz CT molecular complexity index is 1380. The quantitative estimate of drug-likeness (QED) is 0.593. The lowest BCUT2D eigenvalue weighted by atomic mass is 9.81. The van der Waals surface area contributed by atoms with Crippen molar-refractivity contribution < 1.29 is 17.2 Å². The molecule has 1 fully saturated rings. The minimum Gasteiger partial charge on any atom is -0.324 e. The molecule has 3 aromatic rings. The van der Waals surface area contributed by atoms with Crippen LogP contribution < -0.4 is 15.5 Å². The molecule has 2 aliphatic rings. The first-order valence-corrected chi connectivity index (χ1v) is 12.3. The third-order valence-electron chi connectivity index (χ3n) is 6.28. The van der Waals surface area contributed by atoms with Gasteiger partial charge in [-0.3, -0.25) is 4.57 Å². The molecule has 0 atom stereocenters. The number of aromatic nitrogens is 3. The van der Waals surface area contributed by atoms with Gasteiger partial charge in [-0.2, -0.15) is 9.37 Å². The average Bonchev–Trinajstić information content (AvgIpc) is 3.16. The average molecular weight is 476 g/mol. The molecule has 0 saturated heterocycles. The van der Waals surface area contributed by atoms with E-state index >= 15 is 4.39 Å². The van der Waals surface area contributed by atoms with Crippen LogP contribution in [0.5, 0.6) is 0 Å². The molecule has 1 saturated carbocycles. The van der Waals surface area contributed by atoms with E-state index < -0.39 is 32.2 Å². The van der Waals surface area contributed by atoms with Gasteiger partial charge in [-0.25, -0.2) is 27.9 Å². The molecule has 9 nitrogen and oxygen atoms in total. The van der Waals surface area contributed by atoms with Crippen LogP contribution in [0.2, 0.25) is 0 Å². The molecule has 174 valence electrons. The molecule has 1 aliphatic heterocycles. The molecule has 0 amide bonds. The second-order valence-electron chi connectivity index (χ2n) is 8.32. The third-order valence-corrected chi connectivity index (χ3v) is 7.23. The van der Waals surface area contributed by atoms with Crippen LogP contribution >= 0.6 is 0 Å². The van der Waals surface area contributed by atoms with Crippen molar-refractivity contribution in [2.45, 2.75) is 49.5 Å². The van der Waals surface area contributed by atoms with Crippen molar-refractivity contribution in [1.29, 1.82) is 0 Å². The lowest BCUT2D eigenvalue weighted by molar-refractivity contribution is 0.262. The lowest BCUT2D eigenvalue weighted by Gasteiger charge is -2.42. The van der Waals surface area contributed by atoms with Crippen molar-refractivity contribution in [3.05, 3.63) is 36.3 Å². The van der Waals surface area contributed by atoms with Gasteiger partial charge in [0.25, 0.3) is 0 Å². The Kier molecular flexibility index (Phi) is 5.09. The third kappa shape index (κ3) is 3.53. The Balaban J connectivity index is 1.59. The van der Waals surface area contributed by atoms with Crippen LogP contribution in [0, 0.1) is 5.82 Å². The highest BCUT2D eigenvalue weighted by Gasteiger charge is 2.46. The Morgan fingerprint density at radius 1 is 1.18 bits per heavy atom. The molecule has 12 heteroatoms. The van der Waals surface area contributed by atoms with Gasteiger partial charge in [0.2, 0.25) is 21.9 Å². The van der Waals surface area contributed by atoms with E-state index in [-0.39, 0.29) is 11.6 Å². The molecule has 0 radical (unpaired) electrons.